The number of aromatic nitrogens is 4. The van der Waals surface area contributed by atoms with Crippen LogP contribution in [0.1, 0.15) is 31.3 Å². The van der Waals surface area contributed by atoms with Gasteiger partial charge in [-0.15, -0.1) is 0 Å². The van der Waals surface area contributed by atoms with Crippen molar-refractivity contribution in [1.29, 1.82) is 0 Å². The maximum Gasteiger partial charge on any atom is 0.260 e. The zero-order valence-electron chi connectivity index (χ0n) is 16.5. The molecule has 0 fully saturated rings. The number of H-pyrrole nitrogens is 1. The van der Waals surface area contributed by atoms with Crippen molar-refractivity contribution >= 4 is 16.9 Å². The molecule has 2 aromatic heterocycles. The summed E-state index contributed by atoms with van der Waals surface area (Å²) in [5, 5.41) is 0.477. The summed E-state index contributed by atoms with van der Waals surface area (Å²) in [6.07, 6.45) is 5.24. The number of nitrogens with zero attached hydrogens (tertiary/aromatic N) is 4. The minimum atomic E-state index is -0.191. The second-order valence-corrected chi connectivity index (χ2v) is 6.96. The molecule has 0 spiro atoms. The van der Waals surface area contributed by atoms with Gasteiger partial charge in [-0.2, -0.15) is 0 Å². The highest BCUT2D eigenvalue weighted by Gasteiger charge is 2.22. The zero-order valence-corrected chi connectivity index (χ0v) is 16.5. The summed E-state index contributed by atoms with van der Waals surface area (Å²) in [6.45, 7) is 4.46. The van der Waals surface area contributed by atoms with Crippen LogP contribution in [-0.4, -0.2) is 40.3 Å². The van der Waals surface area contributed by atoms with Crippen LogP contribution in [0.15, 0.2) is 23.1 Å². The fourth-order valence-corrected chi connectivity index (χ4v) is 3.67. The van der Waals surface area contributed by atoms with Gasteiger partial charge < -0.3 is 18.9 Å². The molecule has 3 aromatic rings. The van der Waals surface area contributed by atoms with Gasteiger partial charge in [0.1, 0.15) is 5.82 Å². The van der Waals surface area contributed by atoms with Gasteiger partial charge >= 0.3 is 0 Å². The fourth-order valence-electron chi connectivity index (χ4n) is 3.67. The van der Waals surface area contributed by atoms with E-state index in [9.17, 15) is 4.79 Å². The molecule has 148 valence electrons. The lowest BCUT2D eigenvalue weighted by Crippen LogP contribution is -2.36. The molecule has 28 heavy (non-hydrogen) atoms. The molecule has 0 aliphatic carbocycles. The van der Waals surface area contributed by atoms with E-state index in [0.29, 0.717) is 34.9 Å². The molecule has 1 aromatic carbocycles. The average Bonchev–Trinajstić information content (AvgIpc) is 3.13. The summed E-state index contributed by atoms with van der Waals surface area (Å²) < 4.78 is 12.9. The summed E-state index contributed by atoms with van der Waals surface area (Å²) in [7, 11) is 3.12. The van der Waals surface area contributed by atoms with Gasteiger partial charge in [-0.3, -0.25) is 9.78 Å². The van der Waals surface area contributed by atoms with Crippen LogP contribution in [0.2, 0.25) is 0 Å². The molecule has 1 aliphatic rings. The molecule has 8 heteroatoms. The predicted octanol–water partition coefficient (Wildman–Crippen LogP) is 2.50. The van der Waals surface area contributed by atoms with Gasteiger partial charge in [0.2, 0.25) is 5.95 Å². The number of anilines is 1. The quantitative estimate of drug-likeness (QED) is 0.704. The van der Waals surface area contributed by atoms with Gasteiger partial charge in [0.15, 0.2) is 11.5 Å². The van der Waals surface area contributed by atoms with E-state index in [1.807, 2.05) is 6.20 Å². The van der Waals surface area contributed by atoms with Crippen molar-refractivity contribution in [2.75, 3.05) is 25.7 Å². The average molecular weight is 383 g/mol. The van der Waals surface area contributed by atoms with E-state index in [-0.39, 0.29) is 5.56 Å². The standard InChI is InChI=1S/C20H25N5O3/c1-4-5-6-18-21-11-13-12-24(7-8-25(13)18)20-22-15-10-17(28-3)16(27-2)9-14(15)19(26)23-20/h9-11H,4-8,12H2,1-3H3,(H,22,23,26). The summed E-state index contributed by atoms with van der Waals surface area (Å²) >= 11 is 0. The molecule has 0 amide bonds. The molecule has 1 N–H and O–H groups in total. The first-order valence-electron chi connectivity index (χ1n) is 9.58. The fraction of sp³-hybridized carbons (Fsp3) is 0.450. The number of aromatic amines is 1. The van der Waals surface area contributed by atoms with Crippen molar-refractivity contribution in [3.8, 4) is 11.5 Å². The monoisotopic (exact) mass is 383 g/mol. The first-order valence-corrected chi connectivity index (χ1v) is 9.58. The molecule has 3 heterocycles. The van der Waals surface area contributed by atoms with Crippen molar-refractivity contribution in [3.05, 3.63) is 40.2 Å². The Kier molecular flexibility index (Phi) is 4.93. The minimum Gasteiger partial charge on any atom is -0.493 e. The van der Waals surface area contributed by atoms with Gasteiger partial charge in [0, 0.05) is 25.6 Å². The Balaban J connectivity index is 1.66. The second kappa shape index (κ2) is 7.53. The highest BCUT2D eigenvalue weighted by molar-refractivity contribution is 5.82. The predicted molar refractivity (Wildman–Crippen MR) is 107 cm³/mol. The molecule has 4 rings (SSSR count). The number of fused-ring (bicyclic) bond motifs is 2. The number of ether oxygens (including phenoxy) is 2. The Morgan fingerprint density at radius 3 is 2.71 bits per heavy atom. The lowest BCUT2D eigenvalue weighted by Gasteiger charge is -2.29. The highest BCUT2D eigenvalue weighted by Crippen LogP contribution is 2.30. The third kappa shape index (κ3) is 3.19. The van der Waals surface area contributed by atoms with Gasteiger partial charge in [0.25, 0.3) is 5.56 Å². The summed E-state index contributed by atoms with van der Waals surface area (Å²) in [4.78, 5) is 26.9. The van der Waals surface area contributed by atoms with Crippen molar-refractivity contribution in [3.63, 3.8) is 0 Å². The van der Waals surface area contributed by atoms with Crippen LogP contribution in [0.3, 0.4) is 0 Å². The third-order valence-corrected chi connectivity index (χ3v) is 5.22. The van der Waals surface area contributed by atoms with E-state index in [2.05, 4.69) is 31.3 Å². The van der Waals surface area contributed by atoms with E-state index < -0.39 is 0 Å². The maximum atomic E-state index is 12.6. The van der Waals surface area contributed by atoms with Crippen molar-refractivity contribution in [1.82, 2.24) is 19.5 Å². The number of aryl methyl sites for hydroxylation is 1. The number of benzene rings is 1. The maximum absolute atomic E-state index is 12.6. The van der Waals surface area contributed by atoms with Crippen molar-refractivity contribution in [2.45, 2.75) is 39.3 Å². The van der Waals surface area contributed by atoms with E-state index in [4.69, 9.17) is 9.47 Å². The molecular formula is C20H25N5O3. The first-order chi connectivity index (χ1) is 13.6. The van der Waals surface area contributed by atoms with Gasteiger partial charge in [-0.05, 0) is 12.5 Å². The first kappa shape index (κ1) is 18.3. The Labute approximate surface area is 163 Å². The number of imidazole rings is 1. The molecule has 0 saturated carbocycles. The number of nitrogens with one attached hydrogen (secondary N) is 1. The minimum absolute atomic E-state index is 0.191. The van der Waals surface area contributed by atoms with E-state index in [0.717, 1.165) is 43.9 Å². The van der Waals surface area contributed by atoms with Crippen LogP contribution in [-0.2, 0) is 19.5 Å². The molecule has 0 unspecified atom stereocenters. The van der Waals surface area contributed by atoms with Gasteiger partial charge in [-0.25, -0.2) is 9.97 Å². The van der Waals surface area contributed by atoms with Crippen LogP contribution in [0.4, 0.5) is 5.95 Å². The number of unbranched alkanes of at least 4 members (excludes halogenated alkanes) is 1. The molecule has 0 radical (unpaired) electrons. The largest absolute Gasteiger partial charge is 0.493 e. The lowest BCUT2D eigenvalue weighted by atomic mass is 10.2. The smallest absolute Gasteiger partial charge is 0.260 e. The normalized spacial score (nSPS) is 13.6. The topological polar surface area (TPSA) is 85.3 Å². The Morgan fingerprint density at radius 2 is 1.96 bits per heavy atom. The molecule has 8 nitrogen and oxygen atoms in total. The molecule has 0 bridgehead atoms. The van der Waals surface area contributed by atoms with Crippen LogP contribution in [0, 0.1) is 0 Å². The van der Waals surface area contributed by atoms with E-state index in [1.54, 1.807) is 26.4 Å². The highest BCUT2D eigenvalue weighted by atomic mass is 16.5. The number of hydrogen-bond acceptors (Lipinski definition) is 6. The number of rotatable bonds is 6. The molecular weight excluding hydrogens is 358 g/mol. The van der Waals surface area contributed by atoms with E-state index >= 15 is 0 Å². The van der Waals surface area contributed by atoms with Crippen LogP contribution >= 0.6 is 0 Å². The van der Waals surface area contributed by atoms with E-state index in [1.165, 1.54) is 0 Å². The van der Waals surface area contributed by atoms with Crippen LogP contribution < -0.4 is 19.9 Å². The van der Waals surface area contributed by atoms with Crippen molar-refractivity contribution < 1.29 is 9.47 Å². The van der Waals surface area contributed by atoms with Crippen molar-refractivity contribution in [2.24, 2.45) is 0 Å². The molecule has 0 atom stereocenters. The Bertz CT molecular complexity index is 1060. The zero-order chi connectivity index (χ0) is 19.7. The van der Waals surface area contributed by atoms with Gasteiger partial charge in [0.05, 0.1) is 43.6 Å². The van der Waals surface area contributed by atoms with Crippen LogP contribution in [0.25, 0.3) is 10.9 Å². The number of hydrogen-bond donors (Lipinski definition) is 1. The lowest BCUT2D eigenvalue weighted by molar-refractivity contribution is 0.355. The second-order valence-electron chi connectivity index (χ2n) is 6.96. The third-order valence-electron chi connectivity index (χ3n) is 5.22. The Hall–Kier alpha value is -3.03. The van der Waals surface area contributed by atoms with Gasteiger partial charge in [-0.1, -0.05) is 13.3 Å². The summed E-state index contributed by atoms with van der Waals surface area (Å²) in [5.74, 6) is 2.77. The molecule has 1 aliphatic heterocycles. The Morgan fingerprint density at radius 1 is 1.18 bits per heavy atom. The molecule has 0 saturated heterocycles. The number of methoxy groups -OCH3 is 2. The summed E-state index contributed by atoms with van der Waals surface area (Å²) in [5.41, 5.74) is 1.54. The summed E-state index contributed by atoms with van der Waals surface area (Å²) in [6, 6.07) is 3.40. The SMILES string of the molecule is CCCCc1ncc2n1CCN(c1nc3cc(OC)c(OC)cc3c(=O)[nH]1)C2. The van der Waals surface area contributed by atoms with Crippen LogP contribution in [0.5, 0.6) is 11.5 Å².